The summed E-state index contributed by atoms with van der Waals surface area (Å²) in [6, 6.07) is 0. The normalized spacial score (nSPS) is 17.3. The summed E-state index contributed by atoms with van der Waals surface area (Å²) in [4.78, 5) is 0. The fourth-order valence-corrected chi connectivity index (χ4v) is 2.35. The fraction of sp³-hybridized carbons (Fsp3) is 1.00. The Kier molecular flexibility index (Phi) is 9.29. The number of alkyl halides is 28. The van der Waals surface area contributed by atoms with E-state index in [1.807, 2.05) is 0 Å². The Labute approximate surface area is 218 Å². The van der Waals surface area contributed by atoms with Crippen molar-refractivity contribution in [1.82, 2.24) is 0 Å². The smallest absolute Gasteiger partial charge is 0.354 e. The molecule has 0 aliphatic heterocycles. The molecule has 30 heteroatoms. The van der Waals surface area contributed by atoms with E-state index in [0.717, 1.165) is 0 Å². The molecule has 0 atom stereocenters. The van der Waals surface area contributed by atoms with Crippen molar-refractivity contribution in [3.63, 3.8) is 0 Å². The number of halogens is 28. The lowest BCUT2D eigenvalue weighted by atomic mass is 9.83. The standard InChI is InChI=1S/C14H2F28O2/c15-1(16,3(19,20)5(23,24)7(27,28)9(31,32)11(35,36)13(37,38)39)2(17,18)4(21,22)6(25,26)8(29,30)10(33,34)12(43,44)14(40,41)42/h43-44H. The number of hydrogen-bond acceptors (Lipinski definition) is 2. The van der Waals surface area contributed by atoms with E-state index in [-0.39, 0.29) is 0 Å². The van der Waals surface area contributed by atoms with Crippen LogP contribution in [0.25, 0.3) is 0 Å². The molecule has 0 aromatic carbocycles. The molecular weight excluding hydrogens is 732 g/mol. The Balaban J connectivity index is 7.52. The summed E-state index contributed by atoms with van der Waals surface area (Å²) in [5.74, 6) is -112. The third-order valence-electron chi connectivity index (χ3n) is 5.13. The van der Waals surface area contributed by atoms with Gasteiger partial charge in [-0.2, -0.15) is 123 Å². The van der Waals surface area contributed by atoms with Gasteiger partial charge in [0.25, 0.3) is 0 Å². The largest absolute Gasteiger partial charge is 0.460 e. The molecule has 0 rings (SSSR count). The van der Waals surface area contributed by atoms with Gasteiger partial charge in [0.1, 0.15) is 0 Å². The third-order valence-corrected chi connectivity index (χ3v) is 5.13. The number of aliphatic hydroxyl groups is 2. The summed E-state index contributed by atoms with van der Waals surface area (Å²) in [6.45, 7) is 0. The van der Waals surface area contributed by atoms with Crippen molar-refractivity contribution < 1.29 is 133 Å². The molecule has 0 saturated carbocycles. The van der Waals surface area contributed by atoms with Gasteiger partial charge in [-0.25, -0.2) is 0 Å². The Morgan fingerprint density at radius 1 is 0.182 bits per heavy atom. The van der Waals surface area contributed by atoms with E-state index in [1.54, 1.807) is 0 Å². The second-order valence-electron chi connectivity index (χ2n) is 7.99. The summed E-state index contributed by atoms with van der Waals surface area (Å²) < 4.78 is 366. The summed E-state index contributed by atoms with van der Waals surface area (Å²) in [5.41, 5.74) is 0. The Bertz CT molecular complexity index is 973. The topological polar surface area (TPSA) is 40.5 Å². The van der Waals surface area contributed by atoms with Crippen LogP contribution in [-0.2, 0) is 0 Å². The zero-order valence-electron chi connectivity index (χ0n) is 18.5. The highest BCUT2D eigenvalue weighted by Gasteiger charge is 3.00. The van der Waals surface area contributed by atoms with E-state index >= 15 is 0 Å². The minimum atomic E-state index is -9.91. The van der Waals surface area contributed by atoms with Crippen molar-refractivity contribution in [2.45, 2.75) is 83.3 Å². The summed E-state index contributed by atoms with van der Waals surface area (Å²) >= 11 is 0. The van der Waals surface area contributed by atoms with Gasteiger partial charge in [0.05, 0.1) is 0 Å². The molecule has 0 fully saturated rings. The summed E-state index contributed by atoms with van der Waals surface area (Å²) in [5, 5.41) is 16.0. The highest BCUT2D eigenvalue weighted by Crippen LogP contribution is 2.68. The predicted molar refractivity (Wildman–Crippen MR) is 73.7 cm³/mol. The van der Waals surface area contributed by atoms with Crippen molar-refractivity contribution in [1.29, 1.82) is 0 Å². The molecule has 0 aliphatic carbocycles. The molecule has 2 nitrogen and oxygen atoms in total. The van der Waals surface area contributed by atoms with Gasteiger partial charge in [-0.15, -0.1) is 0 Å². The van der Waals surface area contributed by atoms with Crippen molar-refractivity contribution in [2.75, 3.05) is 0 Å². The fourth-order valence-electron chi connectivity index (χ4n) is 2.35. The zero-order valence-corrected chi connectivity index (χ0v) is 18.5. The van der Waals surface area contributed by atoms with Crippen molar-refractivity contribution in [3.05, 3.63) is 0 Å². The van der Waals surface area contributed by atoms with Gasteiger partial charge < -0.3 is 10.2 Å². The van der Waals surface area contributed by atoms with Crippen LogP contribution in [0.4, 0.5) is 123 Å². The minimum Gasteiger partial charge on any atom is -0.354 e. The first-order valence-corrected chi connectivity index (χ1v) is 8.99. The van der Waals surface area contributed by atoms with Crippen LogP contribution in [0.15, 0.2) is 0 Å². The average molecular weight is 734 g/mol. The monoisotopic (exact) mass is 734 g/mol. The van der Waals surface area contributed by atoms with Crippen LogP contribution in [-0.4, -0.2) is 93.5 Å². The molecule has 0 unspecified atom stereocenters. The molecule has 0 aliphatic rings. The molecule has 0 aromatic heterocycles. The molecular formula is C14H2F28O2. The molecule has 0 heterocycles. The first-order valence-electron chi connectivity index (χ1n) is 8.99. The average Bonchev–Trinajstić information content (AvgIpc) is 2.75. The van der Waals surface area contributed by atoms with Gasteiger partial charge in [-0.05, 0) is 0 Å². The van der Waals surface area contributed by atoms with Crippen molar-refractivity contribution >= 4 is 0 Å². The predicted octanol–water partition coefficient (Wildman–Crippen LogP) is 7.78. The quantitative estimate of drug-likeness (QED) is 0.168. The van der Waals surface area contributed by atoms with Crippen molar-refractivity contribution in [3.8, 4) is 0 Å². The Morgan fingerprint density at radius 2 is 0.318 bits per heavy atom. The van der Waals surface area contributed by atoms with Crippen LogP contribution in [0.3, 0.4) is 0 Å². The van der Waals surface area contributed by atoms with Crippen LogP contribution in [0.5, 0.6) is 0 Å². The van der Waals surface area contributed by atoms with Gasteiger partial charge >= 0.3 is 83.3 Å². The molecule has 44 heavy (non-hydrogen) atoms. The maximum absolute atomic E-state index is 13.6. The van der Waals surface area contributed by atoms with Crippen LogP contribution in [0, 0.1) is 0 Å². The zero-order chi connectivity index (χ0) is 37.0. The van der Waals surface area contributed by atoms with E-state index in [4.69, 9.17) is 10.2 Å². The van der Waals surface area contributed by atoms with Crippen molar-refractivity contribution in [2.24, 2.45) is 0 Å². The van der Waals surface area contributed by atoms with Crippen LogP contribution in [0.2, 0.25) is 0 Å². The highest BCUT2D eigenvalue weighted by atomic mass is 19.4. The van der Waals surface area contributed by atoms with E-state index in [2.05, 4.69) is 0 Å². The van der Waals surface area contributed by atoms with Gasteiger partial charge in [-0.1, -0.05) is 0 Å². The second kappa shape index (κ2) is 9.74. The van der Waals surface area contributed by atoms with E-state index in [1.165, 1.54) is 0 Å². The molecule has 0 spiro atoms. The molecule has 0 bridgehead atoms. The Hall–Kier alpha value is -2.04. The first kappa shape index (κ1) is 42.0. The first-order chi connectivity index (χ1) is 18.2. The maximum Gasteiger partial charge on any atom is 0.460 e. The van der Waals surface area contributed by atoms with Gasteiger partial charge in [0.15, 0.2) is 0 Å². The highest BCUT2D eigenvalue weighted by molar-refractivity contribution is 5.20. The molecule has 266 valence electrons. The minimum absolute atomic E-state index is 7.81. The lowest BCUT2D eigenvalue weighted by molar-refractivity contribution is -0.500. The van der Waals surface area contributed by atoms with E-state index in [0.29, 0.717) is 0 Å². The number of hydrogen-bond donors (Lipinski definition) is 2. The molecule has 0 amide bonds. The SMILES string of the molecule is OC(O)(C(F)(F)F)C(F)(F)C(F)(F)C(F)(F)C(F)(F)C(F)(F)C(F)(F)C(F)(F)C(F)(F)C(F)(F)C(F)(F)C(F)(F)C(F)(F)F. The molecule has 0 aromatic rings. The summed E-state index contributed by atoms with van der Waals surface area (Å²) in [7, 11) is 0. The van der Waals surface area contributed by atoms with Gasteiger partial charge in [0, 0.05) is 0 Å². The lowest BCUT2D eigenvalue weighted by Crippen LogP contribution is -2.79. The molecule has 0 saturated heterocycles. The molecule has 0 radical (unpaired) electrons. The third kappa shape index (κ3) is 4.59. The van der Waals surface area contributed by atoms with E-state index < -0.39 is 83.3 Å². The maximum atomic E-state index is 13.6. The van der Waals surface area contributed by atoms with Crippen LogP contribution < -0.4 is 0 Å². The Morgan fingerprint density at radius 3 is 0.455 bits per heavy atom. The van der Waals surface area contributed by atoms with Gasteiger partial charge in [0.2, 0.25) is 0 Å². The van der Waals surface area contributed by atoms with Gasteiger partial charge in [-0.3, -0.25) is 0 Å². The second-order valence-corrected chi connectivity index (χ2v) is 7.99. The summed E-state index contributed by atoms with van der Waals surface area (Å²) in [6.07, 6.45) is -16.1. The van der Waals surface area contributed by atoms with E-state index in [9.17, 15) is 123 Å². The lowest BCUT2D eigenvalue weighted by Gasteiger charge is -2.46. The molecule has 2 N–H and O–H groups in total. The van der Waals surface area contributed by atoms with Crippen LogP contribution in [0.1, 0.15) is 0 Å². The number of rotatable bonds is 11. The van der Waals surface area contributed by atoms with Crippen LogP contribution >= 0.6 is 0 Å².